The van der Waals surface area contributed by atoms with E-state index in [2.05, 4.69) is 6.58 Å². The number of hydrogen-bond acceptors (Lipinski definition) is 2. The summed E-state index contributed by atoms with van der Waals surface area (Å²) in [6.07, 6.45) is 3.70. The Morgan fingerprint density at radius 1 is 0.885 bits per heavy atom. The minimum absolute atomic E-state index is 0.121. The number of carbonyl (C=O) groups is 2. The van der Waals surface area contributed by atoms with Crippen LogP contribution in [0.1, 0.15) is 17.5 Å². The number of benzene rings is 2. The van der Waals surface area contributed by atoms with Crippen molar-refractivity contribution >= 4 is 23.2 Å². The summed E-state index contributed by atoms with van der Waals surface area (Å²) in [7, 11) is 0. The van der Waals surface area contributed by atoms with Gasteiger partial charge in [0.25, 0.3) is 0 Å². The molecule has 0 atom stereocenters. The van der Waals surface area contributed by atoms with E-state index in [-0.39, 0.29) is 11.8 Å². The predicted octanol–water partition coefficient (Wildman–Crippen LogP) is 3.36. The highest BCUT2D eigenvalue weighted by molar-refractivity contribution is 6.13. The Bertz CT molecular complexity index is 806. The molecule has 132 valence electrons. The molecule has 2 aliphatic rings. The van der Waals surface area contributed by atoms with Crippen molar-refractivity contribution in [2.45, 2.75) is 19.3 Å². The molecule has 0 saturated heterocycles. The van der Waals surface area contributed by atoms with Gasteiger partial charge in [-0.05, 0) is 42.5 Å². The van der Waals surface area contributed by atoms with Crippen LogP contribution in [0.5, 0.6) is 0 Å². The van der Waals surface area contributed by atoms with E-state index in [1.165, 1.54) is 0 Å². The highest BCUT2D eigenvalue weighted by atomic mass is 16.2. The van der Waals surface area contributed by atoms with Crippen molar-refractivity contribution < 1.29 is 9.59 Å². The van der Waals surface area contributed by atoms with Gasteiger partial charge in [-0.15, -0.1) is 6.58 Å². The second kappa shape index (κ2) is 6.79. The van der Waals surface area contributed by atoms with Gasteiger partial charge in [0.15, 0.2) is 0 Å². The highest BCUT2D eigenvalue weighted by Crippen LogP contribution is 2.32. The Morgan fingerprint density at radius 3 is 1.81 bits per heavy atom. The number of rotatable bonds is 4. The average molecular weight is 346 g/mol. The van der Waals surface area contributed by atoms with Gasteiger partial charge in [0.2, 0.25) is 11.8 Å². The fraction of sp³-hybridized carbons (Fsp3) is 0.273. The smallest absolute Gasteiger partial charge is 0.239 e. The number of allylic oxidation sites excluding steroid dienone is 1. The second-order valence-electron chi connectivity index (χ2n) is 6.81. The third kappa shape index (κ3) is 2.71. The summed E-state index contributed by atoms with van der Waals surface area (Å²) in [5.74, 6) is -0.960. The van der Waals surface area contributed by atoms with E-state index in [1.807, 2.05) is 48.5 Å². The van der Waals surface area contributed by atoms with E-state index in [0.717, 1.165) is 35.3 Å². The molecule has 0 aliphatic carbocycles. The Hall–Kier alpha value is -2.88. The third-order valence-electron chi connectivity index (χ3n) is 5.30. The van der Waals surface area contributed by atoms with Gasteiger partial charge >= 0.3 is 0 Å². The van der Waals surface area contributed by atoms with Crippen molar-refractivity contribution in [2.24, 2.45) is 5.92 Å². The zero-order valence-corrected chi connectivity index (χ0v) is 14.7. The van der Waals surface area contributed by atoms with Gasteiger partial charge in [0.1, 0.15) is 5.92 Å². The SMILES string of the molecule is C=CCC(C(=O)N1CCc2ccccc21)C(=O)N1CCc2ccccc21. The first kappa shape index (κ1) is 16.6. The monoisotopic (exact) mass is 346 g/mol. The molecule has 2 aromatic carbocycles. The second-order valence-corrected chi connectivity index (χ2v) is 6.81. The van der Waals surface area contributed by atoms with Gasteiger partial charge in [0, 0.05) is 24.5 Å². The van der Waals surface area contributed by atoms with Gasteiger partial charge in [-0.3, -0.25) is 9.59 Å². The normalized spacial score (nSPS) is 15.1. The molecule has 0 N–H and O–H groups in total. The van der Waals surface area contributed by atoms with Crippen molar-refractivity contribution in [3.63, 3.8) is 0 Å². The lowest BCUT2D eigenvalue weighted by Gasteiger charge is -2.27. The van der Waals surface area contributed by atoms with Crippen LogP contribution in [0.25, 0.3) is 0 Å². The van der Waals surface area contributed by atoms with Gasteiger partial charge in [-0.2, -0.15) is 0 Å². The van der Waals surface area contributed by atoms with Crippen molar-refractivity contribution in [2.75, 3.05) is 22.9 Å². The van der Waals surface area contributed by atoms with E-state index in [0.29, 0.717) is 19.5 Å². The first-order valence-electron chi connectivity index (χ1n) is 9.10. The van der Waals surface area contributed by atoms with Crippen LogP contribution in [0.2, 0.25) is 0 Å². The Morgan fingerprint density at radius 2 is 1.35 bits per heavy atom. The van der Waals surface area contributed by atoms with Crippen molar-refractivity contribution in [1.82, 2.24) is 0 Å². The number of fused-ring (bicyclic) bond motifs is 2. The van der Waals surface area contributed by atoms with Gasteiger partial charge in [0.05, 0.1) is 0 Å². The van der Waals surface area contributed by atoms with Gasteiger partial charge in [-0.25, -0.2) is 0 Å². The van der Waals surface area contributed by atoms with Crippen molar-refractivity contribution in [3.8, 4) is 0 Å². The molecule has 26 heavy (non-hydrogen) atoms. The molecule has 0 saturated carbocycles. The lowest BCUT2D eigenvalue weighted by atomic mass is 10.0. The summed E-state index contributed by atoms with van der Waals surface area (Å²) in [5, 5.41) is 0. The third-order valence-corrected chi connectivity index (χ3v) is 5.30. The minimum Gasteiger partial charge on any atom is -0.311 e. The summed E-state index contributed by atoms with van der Waals surface area (Å²) in [6.45, 7) is 5.03. The fourth-order valence-corrected chi connectivity index (χ4v) is 3.98. The molecule has 0 bridgehead atoms. The van der Waals surface area contributed by atoms with Crippen LogP contribution in [0.15, 0.2) is 61.2 Å². The van der Waals surface area contributed by atoms with Crippen molar-refractivity contribution in [1.29, 1.82) is 0 Å². The Balaban J connectivity index is 1.61. The largest absolute Gasteiger partial charge is 0.311 e. The number of para-hydroxylation sites is 2. The summed E-state index contributed by atoms with van der Waals surface area (Å²) in [6, 6.07) is 15.9. The summed E-state index contributed by atoms with van der Waals surface area (Å²) >= 11 is 0. The summed E-state index contributed by atoms with van der Waals surface area (Å²) in [4.78, 5) is 30.0. The van der Waals surface area contributed by atoms with Gasteiger partial charge in [-0.1, -0.05) is 42.5 Å². The quantitative estimate of drug-likeness (QED) is 0.629. The molecular formula is C22H22N2O2. The lowest BCUT2D eigenvalue weighted by Crippen LogP contribution is -2.44. The topological polar surface area (TPSA) is 40.6 Å². The minimum atomic E-state index is -0.718. The fourth-order valence-electron chi connectivity index (χ4n) is 3.98. The van der Waals surface area contributed by atoms with Crippen molar-refractivity contribution in [3.05, 3.63) is 72.3 Å². The molecule has 0 unspecified atom stereocenters. The number of nitrogens with zero attached hydrogens (tertiary/aromatic N) is 2. The zero-order chi connectivity index (χ0) is 18.1. The molecule has 4 nitrogen and oxygen atoms in total. The van der Waals surface area contributed by atoms with Crippen LogP contribution in [0, 0.1) is 5.92 Å². The van der Waals surface area contributed by atoms with Gasteiger partial charge < -0.3 is 9.80 Å². The number of carbonyl (C=O) groups excluding carboxylic acids is 2. The maximum absolute atomic E-state index is 13.2. The summed E-state index contributed by atoms with van der Waals surface area (Å²) < 4.78 is 0. The molecule has 2 heterocycles. The van der Waals surface area contributed by atoms with E-state index < -0.39 is 5.92 Å². The maximum Gasteiger partial charge on any atom is 0.239 e. The van der Waals surface area contributed by atoms with Crippen LogP contribution in [0.3, 0.4) is 0 Å². The molecule has 0 fully saturated rings. The van der Waals surface area contributed by atoms with E-state index in [4.69, 9.17) is 0 Å². The highest BCUT2D eigenvalue weighted by Gasteiger charge is 2.37. The van der Waals surface area contributed by atoms with Crippen LogP contribution in [0.4, 0.5) is 11.4 Å². The van der Waals surface area contributed by atoms with E-state index >= 15 is 0 Å². The first-order chi connectivity index (χ1) is 12.7. The van der Waals surface area contributed by atoms with Crippen LogP contribution in [-0.4, -0.2) is 24.9 Å². The standard InChI is InChI=1S/C22H22N2O2/c1-2-7-18(21(25)23-14-12-16-8-3-5-10-19(16)23)22(26)24-15-13-17-9-4-6-11-20(17)24/h2-6,8-11,18H,1,7,12-15H2. The summed E-state index contributed by atoms with van der Waals surface area (Å²) in [5.41, 5.74) is 4.19. The molecule has 2 amide bonds. The molecule has 0 spiro atoms. The predicted molar refractivity (Wildman–Crippen MR) is 103 cm³/mol. The molecule has 4 heteroatoms. The van der Waals surface area contributed by atoms with E-state index in [9.17, 15) is 9.59 Å². The van der Waals surface area contributed by atoms with E-state index in [1.54, 1.807) is 15.9 Å². The molecular weight excluding hydrogens is 324 g/mol. The van der Waals surface area contributed by atoms with Crippen LogP contribution >= 0.6 is 0 Å². The molecule has 2 aromatic rings. The van der Waals surface area contributed by atoms with Crippen LogP contribution in [-0.2, 0) is 22.4 Å². The number of amides is 2. The number of anilines is 2. The van der Waals surface area contributed by atoms with Crippen LogP contribution < -0.4 is 9.80 Å². The Labute approximate surface area is 153 Å². The number of hydrogen-bond donors (Lipinski definition) is 0. The average Bonchev–Trinajstić information content (AvgIpc) is 3.29. The molecule has 2 aliphatic heterocycles. The lowest BCUT2D eigenvalue weighted by molar-refractivity contribution is -0.132. The maximum atomic E-state index is 13.2. The Kier molecular flexibility index (Phi) is 4.33. The molecule has 4 rings (SSSR count). The zero-order valence-electron chi connectivity index (χ0n) is 14.7. The first-order valence-corrected chi connectivity index (χ1v) is 9.10. The molecule has 0 radical (unpaired) electrons. The molecule has 0 aromatic heterocycles.